The average molecular weight is 459 g/mol. The lowest BCUT2D eigenvalue weighted by atomic mass is 9.74. The van der Waals surface area contributed by atoms with Crippen LogP contribution < -0.4 is 16.4 Å². The average Bonchev–Trinajstić information content (AvgIpc) is 2.90. The summed E-state index contributed by atoms with van der Waals surface area (Å²) in [7, 11) is 0. The van der Waals surface area contributed by atoms with Gasteiger partial charge in [-0.3, -0.25) is 14.5 Å². The third kappa shape index (κ3) is 7.73. The summed E-state index contributed by atoms with van der Waals surface area (Å²) in [4.78, 5) is 27.4. The van der Waals surface area contributed by atoms with Gasteiger partial charge in [0.2, 0.25) is 11.8 Å². The lowest BCUT2D eigenvalue weighted by Crippen LogP contribution is -2.51. The van der Waals surface area contributed by atoms with Crippen molar-refractivity contribution in [3.05, 3.63) is 24.3 Å². The van der Waals surface area contributed by atoms with Crippen molar-refractivity contribution in [1.82, 2.24) is 4.90 Å². The number of hydrogen-bond acceptors (Lipinski definition) is 4. The van der Waals surface area contributed by atoms with E-state index in [0.29, 0.717) is 17.9 Å². The summed E-state index contributed by atoms with van der Waals surface area (Å²) in [5.74, 6) is -0.215. The van der Waals surface area contributed by atoms with E-state index in [4.69, 9.17) is 5.73 Å². The molecule has 1 saturated carbocycles. The summed E-state index contributed by atoms with van der Waals surface area (Å²) >= 11 is 0. The third-order valence-electron chi connectivity index (χ3n) is 6.05. The fourth-order valence-corrected chi connectivity index (χ4v) is 4.39. The van der Waals surface area contributed by atoms with Gasteiger partial charge < -0.3 is 16.4 Å². The number of likely N-dealkylation sites (tertiary alicyclic amines) is 1. The molecule has 30 heavy (non-hydrogen) atoms. The van der Waals surface area contributed by atoms with Crippen molar-refractivity contribution in [2.75, 3.05) is 30.3 Å². The Bertz CT molecular complexity index is 691. The number of rotatable bonds is 5. The van der Waals surface area contributed by atoms with Gasteiger partial charge in [0.15, 0.2) is 0 Å². The normalized spacial score (nSPS) is 24.5. The molecule has 1 aliphatic heterocycles. The zero-order valence-electron chi connectivity index (χ0n) is 17.8. The summed E-state index contributed by atoms with van der Waals surface area (Å²) in [6.07, 6.45) is 8.65. The van der Waals surface area contributed by atoms with Crippen molar-refractivity contribution in [3.8, 4) is 0 Å². The first-order chi connectivity index (χ1) is 13.4. The Kier molecular flexibility index (Phi) is 11.1. The summed E-state index contributed by atoms with van der Waals surface area (Å²) in [6, 6.07) is 7.36. The van der Waals surface area contributed by atoms with Crippen molar-refractivity contribution < 1.29 is 9.59 Å². The number of anilines is 2. The van der Waals surface area contributed by atoms with Crippen LogP contribution in [0.1, 0.15) is 58.3 Å². The van der Waals surface area contributed by atoms with E-state index in [2.05, 4.69) is 15.5 Å². The Morgan fingerprint density at radius 1 is 1.03 bits per heavy atom. The molecule has 3 rings (SSSR count). The number of carbonyl (C=O) groups excluding carboxylic acids is 2. The van der Waals surface area contributed by atoms with Crippen LogP contribution in [0.2, 0.25) is 0 Å². The van der Waals surface area contributed by atoms with Crippen LogP contribution in [-0.4, -0.2) is 41.9 Å². The Hall–Kier alpha value is -1.34. The number of nitrogens with zero attached hydrogens (tertiary/aromatic N) is 1. The van der Waals surface area contributed by atoms with Crippen molar-refractivity contribution in [2.45, 2.75) is 63.8 Å². The van der Waals surface area contributed by atoms with Gasteiger partial charge in [0.05, 0.1) is 12.5 Å². The lowest BCUT2D eigenvalue weighted by Gasteiger charge is -2.37. The Morgan fingerprint density at radius 2 is 1.67 bits per heavy atom. The van der Waals surface area contributed by atoms with Crippen LogP contribution in [0.15, 0.2) is 24.3 Å². The molecule has 1 aromatic rings. The second-order valence-electron chi connectivity index (χ2n) is 8.61. The van der Waals surface area contributed by atoms with Gasteiger partial charge in [-0.2, -0.15) is 0 Å². The molecule has 1 saturated heterocycles. The Morgan fingerprint density at radius 3 is 2.30 bits per heavy atom. The molecule has 1 aromatic carbocycles. The standard InChI is InChI=1S/C22H34N4O2.2ClH/c1-22(23)12-5-4-11-19(22)21(28)25-18-10-8-9-17(15-18)24-20(27)16-26-13-6-2-3-7-14-26;;/h8-10,15,19H,2-7,11-14,16,23H2,1H3,(H,24,27)(H,25,28);2*1H. The fraction of sp³-hybridized carbons (Fsp3) is 0.636. The molecule has 8 heteroatoms. The van der Waals surface area contributed by atoms with Crippen molar-refractivity contribution in [2.24, 2.45) is 11.7 Å². The van der Waals surface area contributed by atoms with Crippen LogP contribution in [0.4, 0.5) is 11.4 Å². The Labute approximate surface area is 192 Å². The molecule has 2 amide bonds. The minimum atomic E-state index is -0.457. The molecular weight excluding hydrogens is 423 g/mol. The molecule has 1 heterocycles. The molecule has 2 unspecified atom stereocenters. The van der Waals surface area contributed by atoms with E-state index in [1.165, 1.54) is 12.8 Å². The van der Waals surface area contributed by atoms with Gasteiger partial charge in [0.25, 0.3) is 0 Å². The molecule has 170 valence electrons. The second-order valence-corrected chi connectivity index (χ2v) is 8.61. The van der Waals surface area contributed by atoms with Crippen LogP contribution in [0.25, 0.3) is 0 Å². The monoisotopic (exact) mass is 458 g/mol. The molecule has 0 aromatic heterocycles. The van der Waals surface area contributed by atoms with Gasteiger partial charge in [-0.05, 0) is 63.9 Å². The van der Waals surface area contributed by atoms with E-state index in [9.17, 15) is 9.59 Å². The van der Waals surface area contributed by atoms with Crippen LogP contribution in [0, 0.1) is 5.92 Å². The van der Waals surface area contributed by atoms with Crippen LogP contribution in [-0.2, 0) is 9.59 Å². The predicted octanol–water partition coefficient (Wildman–Crippen LogP) is 4.19. The van der Waals surface area contributed by atoms with Crippen LogP contribution in [0.5, 0.6) is 0 Å². The summed E-state index contributed by atoms with van der Waals surface area (Å²) in [6.45, 7) is 4.37. The van der Waals surface area contributed by atoms with Crippen molar-refractivity contribution in [1.29, 1.82) is 0 Å². The summed E-state index contributed by atoms with van der Waals surface area (Å²) in [5.41, 5.74) is 7.29. The maximum Gasteiger partial charge on any atom is 0.238 e. The third-order valence-corrected chi connectivity index (χ3v) is 6.05. The van der Waals surface area contributed by atoms with Gasteiger partial charge >= 0.3 is 0 Å². The summed E-state index contributed by atoms with van der Waals surface area (Å²) < 4.78 is 0. The van der Waals surface area contributed by atoms with E-state index in [1.54, 1.807) is 0 Å². The zero-order valence-corrected chi connectivity index (χ0v) is 19.5. The maximum atomic E-state index is 12.7. The van der Waals surface area contributed by atoms with Crippen LogP contribution in [0.3, 0.4) is 0 Å². The highest BCUT2D eigenvalue weighted by atomic mass is 35.5. The minimum Gasteiger partial charge on any atom is -0.326 e. The first-order valence-corrected chi connectivity index (χ1v) is 10.7. The number of carbonyl (C=O) groups is 2. The van der Waals surface area contributed by atoms with Gasteiger partial charge in [0, 0.05) is 16.9 Å². The number of halogens is 2. The highest BCUT2D eigenvalue weighted by molar-refractivity contribution is 5.96. The summed E-state index contributed by atoms with van der Waals surface area (Å²) in [5, 5.41) is 5.95. The van der Waals surface area contributed by atoms with Gasteiger partial charge in [0.1, 0.15) is 0 Å². The van der Waals surface area contributed by atoms with Gasteiger partial charge in [-0.15, -0.1) is 24.8 Å². The Balaban J connectivity index is 0.00000225. The molecule has 0 spiro atoms. The zero-order chi connectivity index (χ0) is 20.0. The molecular formula is C22H36Cl2N4O2. The lowest BCUT2D eigenvalue weighted by molar-refractivity contribution is -0.122. The molecule has 2 aliphatic rings. The number of nitrogens with two attached hydrogens (primary N) is 1. The second kappa shape index (κ2) is 12.5. The van der Waals surface area contributed by atoms with Gasteiger partial charge in [-0.25, -0.2) is 0 Å². The largest absolute Gasteiger partial charge is 0.326 e. The highest BCUT2D eigenvalue weighted by Crippen LogP contribution is 2.32. The molecule has 0 radical (unpaired) electrons. The van der Waals surface area contributed by atoms with Gasteiger partial charge in [-0.1, -0.05) is 31.7 Å². The molecule has 0 bridgehead atoms. The topological polar surface area (TPSA) is 87.5 Å². The fourth-order valence-electron chi connectivity index (χ4n) is 4.39. The van der Waals surface area contributed by atoms with E-state index < -0.39 is 5.54 Å². The highest BCUT2D eigenvalue weighted by Gasteiger charge is 2.37. The first-order valence-electron chi connectivity index (χ1n) is 10.7. The number of benzene rings is 1. The smallest absolute Gasteiger partial charge is 0.238 e. The van der Waals surface area contributed by atoms with E-state index >= 15 is 0 Å². The van der Waals surface area contributed by atoms with E-state index in [-0.39, 0.29) is 42.5 Å². The van der Waals surface area contributed by atoms with Crippen molar-refractivity contribution >= 4 is 48.0 Å². The minimum absolute atomic E-state index is 0. The van der Waals surface area contributed by atoms with Crippen LogP contribution >= 0.6 is 24.8 Å². The molecule has 6 nitrogen and oxygen atoms in total. The molecule has 2 atom stereocenters. The number of nitrogens with one attached hydrogen (secondary N) is 2. The van der Waals surface area contributed by atoms with E-state index in [1.807, 2.05) is 31.2 Å². The predicted molar refractivity (Wildman–Crippen MR) is 128 cm³/mol. The molecule has 4 N–H and O–H groups in total. The van der Waals surface area contributed by atoms with Crippen molar-refractivity contribution in [3.63, 3.8) is 0 Å². The SMILES string of the molecule is CC1(N)CCCCC1C(=O)Nc1cccc(NC(=O)CN2CCCCCC2)c1.Cl.Cl. The molecule has 2 fully saturated rings. The first kappa shape index (κ1) is 26.7. The number of hydrogen-bond donors (Lipinski definition) is 3. The maximum absolute atomic E-state index is 12.7. The number of amides is 2. The quantitative estimate of drug-likeness (QED) is 0.616. The molecule has 1 aliphatic carbocycles. The van der Waals surface area contributed by atoms with E-state index in [0.717, 1.165) is 51.6 Å².